The normalized spacial score (nSPS) is 21.2. The van der Waals surface area contributed by atoms with Crippen molar-refractivity contribution in [2.45, 2.75) is 19.1 Å². The number of rotatable bonds is 1. The maximum atomic E-state index is 5.59. The first-order chi connectivity index (χ1) is 7.36. The van der Waals surface area contributed by atoms with E-state index in [1.165, 1.54) is 0 Å². The van der Waals surface area contributed by atoms with Crippen molar-refractivity contribution in [3.8, 4) is 0 Å². The van der Waals surface area contributed by atoms with Crippen molar-refractivity contribution in [3.05, 3.63) is 17.3 Å². The number of hydrogen-bond acceptors (Lipinski definition) is 4. The summed E-state index contributed by atoms with van der Waals surface area (Å²) in [7, 11) is 0. The summed E-state index contributed by atoms with van der Waals surface area (Å²) in [5, 5.41) is 0. The zero-order valence-corrected chi connectivity index (χ0v) is 8.83. The summed E-state index contributed by atoms with van der Waals surface area (Å²) in [6, 6.07) is 0. The van der Waals surface area contributed by atoms with E-state index in [1.54, 1.807) is 12.7 Å². The highest BCUT2D eigenvalue weighted by molar-refractivity contribution is 7.71. The number of fused-ring (bicyclic) bond motifs is 1. The van der Waals surface area contributed by atoms with Gasteiger partial charge in [-0.05, 0) is 12.8 Å². The molecule has 2 aromatic heterocycles. The second-order valence-electron chi connectivity index (χ2n) is 3.52. The van der Waals surface area contributed by atoms with Crippen molar-refractivity contribution >= 4 is 23.4 Å². The third-order valence-corrected chi connectivity index (χ3v) is 2.89. The zero-order valence-electron chi connectivity index (χ0n) is 8.01. The van der Waals surface area contributed by atoms with Crippen molar-refractivity contribution in [1.29, 1.82) is 0 Å². The van der Waals surface area contributed by atoms with Gasteiger partial charge in [-0.2, -0.15) is 0 Å². The molecule has 1 N–H and O–H groups in total. The summed E-state index contributed by atoms with van der Waals surface area (Å²) in [5.41, 5.74) is 1.63. The standard InChI is InChI=1S/C9H10N4OS/c15-9-7-8(10-4-11-9)13(5-12-7)6-2-1-3-14-6/h4-6H,1-3H2,(H,10,11,15)/t6-/m0/s1. The molecule has 3 rings (SSSR count). The highest BCUT2D eigenvalue weighted by Gasteiger charge is 2.19. The quantitative estimate of drug-likeness (QED) is 0.747. The molecule has 1 fully saturated rings. The molecule has 0 aliphatic carbocycles. The van der Waals surface area contributed by atoms with Gasteiger partial charge in [-0.1, -0.05) is 12.2 Å². The molecule has 5 nitrogen and oxygen atoms in total. The van der Waals surface area contributed by atoms with Crippen molar-refractivity contribution in [3.63, 3.8) is 0 Å². The molecule has 2 aromatic rings. The summed E-state index contributed by atoms with van der Waals surface area (Å²) in [4.78, 5) is 11.3. The number of nitrogens with zero attached hydrogens (tertiary/aromatic N) is 3. The van der Waals surface area contributed by atoms with Gasteiger partial charge >= 0.3 is 0 Å². The predicted molar refractivity (Wildman–Crippen MR) is 56.9 cm³/mol. The number of aromatic amines is 1. The molecular weight excluding hydrogens is 212 g/mol. The maximum absolute atomic E-state index is 5.59. The number of hydrogen-bond donors (Lipinski definition) is 1. The van der Waals surface area contributed by atoms with E-state index in [2.05, 4.69) is 15.0 Å². The van der Waals surface area contributed by atoms with Crippen molar-refractivity contribution in [2.24, 2.45) is 0 Å². The number of ether oxygens (including phenoxy) is 1. The third-order valence-electron chi connectivity index (χ3n) is 2.60. The number of H-pyrrole nitrogens is 1. The number of imidazole rings is 1. The van der Waals surface area contributed by atoms with Crippen LogP contribution in [0.15, 0.2) is 12.7 Å². The van der Waals surface area contributed by atoms with Crippen LogP contribution in [0.4, 0.5) is 0 Å². The van der Waals surface area contributed by atoms with Crippen LogP contribution in [0.5, 0.6) is 0 Å². The smallest absolute Gasteiger partial charge is 0.157 e. The van der Waals surface area contributed by atoms with Crippen molar-refractivity contribution in [2.75, 3.05) is 6.61 Å². The van der Waals surface area contributed by atoms with Crippen molar-refractivity contribution in [1.82, 2.24) is 19.5 Å². The predicted octanol–water partition coefficient (Wildman–Crippen LogP) is 1.80. The van der Waals surface area contributed by atoms with Gasteiger partial charge in [-0.25, -0.2) is 9.97 Å². The molecule has 1 atom stereocenters. The molecular formula is C9H10N4OS. The topological polar surface area (TPSA) is 55.7 Å². The van der Waals surface area contributed by atoms with E-state index >= 15 is 0 Å². The molecule has 0 spiro atoms. The highest BCUT2D eigenvalue weighted by atomic mass is 32.1. The second kappa shape index (κ2) is 3.39. The third kappa shape index (κ3) is 1.37. The zero-order chi connectivity index (χ0) is 10.3. The molecule has 0 radical (unpaired) electrons. The van der Waals surface area contributed by atoms with Crippen LogP contribution in [0.25, 0.3) is 11.2 Å². The molecule has 3 heterocycles. The van der Waals surface area contributed by atoms with Gasteiger partial charge in [0.2, 0.25) is 0 Å². The Morgan fingerprint density at radius 1 is 1.53 bits per heavy atom. The largest absolute Gasteiger partial charge is 0.358 e. The van der Waals surface area contributed by atoms with E-state index < -0.39 is 0 Å². The lowest BCUT2D eigenvalue weighted by molar-refractivity contribution is 0.0593. The SMILES string of the molecule is S=c1nc[nH]c2c1ncn2[C@@H]1CCCO1. The van der Waals surface area contributed by atoms with Gasteiger partial charge in [0.25, 0.3) is 0 Å². The Labute approximate surface area is 91.1 Å². The van der Waals surface area contributed by atoms with E-state index in [9.17, 15) is 0 Å². The molecule has 1 aliphatic rings. The molecule has 6 heteroatoms. The molecule has 0 bridgehead atoms. The van der Waals surface area contributed by atoms with E-state index in [0.717, 1.165) is 30.6 Å². The van der Waals surface area contributed by atoms with E-state index in [0.29, 0.717) is 4.64 Å². The average molecular weight is 222 g/mol. The molecule has 1 aliphatic heterocycles. The Morgan fingerprint density at radius 3 is 3.27 bits per heavy atom. The fourth-order valence-electron chi connectivity index (χ4n) is 1.87. The molecule has 0 amide bonds. The van der Waals surface area contributed by atoms with Gasteiger partial charge in [0, 0.05) is 6.61 Å². The molecule has 1 saturated heterocycles. The summed E-state index contributed by atoms with van der Waals surface area (Å²) >= 11 is 5.09. The summed E-state index contributed by atoms with van der Waals surface area (Å²) in [5.74, 6) is 0. The Hall–Kier alpha value is -1.27. The second-order valence-corrected chi connectivity index (χ2v) is 3.91. The Balaban J connectivity index is 2.19. The minimum Gasteiger partial charge on any atom is -0.358 e. The lowest BCUT2D eigenvalue weighted by atomic mass is 10.3. The van der Waals surface area contributed by atoms with E-state index in [-0.39, 0.29) is 6.23 Å². The monoisotopic (exact) mass is 222 g/mol. The van der Waals surface area contributed by atoms with Gasteiger partial charge in [0.05, 0.1) is 12.7 Å². The van der Waals surface area contributed by atoms with Crippen LogP contribution in [-0.2, 0) is 4.74 Å². The summed E-state index contributed by atoms with van der Waals surface area (Å²) in [6.45, 7) is 0.816. The first-order valence-corrected chi connectivity index (χ1v) is 5.29. The minimum atomic E-state index is 0.0862. The minimum absolute atomic E-state index is 0.0862. The number of aromatic nitrogens is 4. The van der Waals surface area contributed by atoms with Crippen LogP contribution in [0.1, 0.15) is 19.1 Å². The maximum Gasteiger partial charge on any atom is 0.157 e. The number of nitrogens with one attached hydrogen (secondary N) is 1. The molecule has 78 valence electrons. The van der Waals surface area contributed by atoms with Crippen LogP contribution >= 0.6 is 12.2 Å². The Bertz CT molecular complexity index is 540. The van der Waals surface area contributed by atoms with E-state index in [4.69, 9.17) is 17.0 Å². The van der Waals surface area contributed by atoms with E-state index in [1.807, 2.05) is 4.57 Å². The molecule has 0 aromatic carbocycles. The highest BCUT2D eigenvalue weighted by Crippen LogP contribution is 2.25. The lowest BCUT2D eigenvalue weighted by Gasteiger charge is -2.11. The fourth-order valence-corrected chi connectivity index (χ4v) is 2.07. The average Bonchev–Trinajstić information content (AvgIpc) is 2.85. The summed E-state index contributed by atoms with van der Waals surface area (Å²) in [6.07, 6.45) is 5.56. The first-order valence-electron chi connectivity index (χ1n) is 4.88. The lowest BCUT2D eigenvalue weighted by Crippen LogP contribution is -2.06. The van der Waals surface area contributed by atoms with Gasteiger partial charge in [0.15, 0.2) is 4.64 Å². The van der Waals surface area contributed by atoms with Gasteiger partial charge in [0.1, 0.15) is 17.4 Å². The fraction of sp³-hybridized carbons (Fsp3) is 0.444. The Morgan fingerprint density at radius 2 is 2.47 bits per heavy atom. The van der Waals surface area contributed by atoms with Gasteiger partial charge < -0.3 is 9.72 Å². The van der Waals surface area contributed by atoms with Crippen LogP contribution in [0, 0.1) is 4.64 Å². The first kappa shape index (κ1) is 8.99. The molecule has 15 heavy (non-hydrogen) atoms. The van der Waals surface area contributed by atoms with Crippen LogP contribution in [0.3, 0.4) is 0 Å². The molecule has 0 saturated carbocycles. The summed E-state index contributed by atoms with van der Waals surface area (Å²) < 4.78 is 8.11. The Kier molecular flexibility index (Phi) is 2.03. The van der Waals surface area contributed by atoms with Crippen LogP contribution in [0.2, 0.25) is 0 Å². The van der Waals surface area contributed by atoms with Crippen LogP contribution < -0.4 is 0 Å². The van der Waals surface area contributed by atoms with Gasteiger partial charge in [-0.3, -0.25) is 4.57 Å². The van der Waals surface area contributed by atoms with Gasteiger partial charge in [-0.15, -0.1) is 0 Å². The molecule has 0 unspecified atom stereocenters. The van der Waals surface area contributed by atoms with Crippen molar-refractivity contribution < 1.29 is 4.74 Å². The van der Waals surface area contributed by atoms with Crippen LogP contribution in [-0.4, -0.2) is 26.1 Å².